The summed E-state index contributed by atoms with van der Waals surface area (Å²) in [6, 6.07) is 12.2. The Labute approximate surface area is 124 Å². The summed E-state index contributed by atoms with van der Waals surface area (Å²) in [6.45, 7) is 3.58. The topological polar surface area (TPSA) is 74.7 Å². The van der Waals surface area contributed by atoms with Gasteiger partial charge in [0.05, 0.1) is 0 Å². The van der Waals surface area contributed by atoms with Gasteiger partial charge >= 0.3 is 0 Å². The number of rotatable bonds is 5. The zero-order chi connectivity index (χ0) is 15.2. The lowest BCUT2D eigenvalue weighted by Crippen LogP contribution is -2.22. The molecule has 0 unspecified atom stereocenters. The minimum absolute atomic E-state index is 0.0366. The highest BCUT2D eigenvalue weighted by Crippen LogP contribution is 2.12. The highest BCUT2D eigenvalue weighted by molar-refractivity contribution is 5.96. The van der Waals surface area contributed by atoms with Crippen molar-refractivity contribution in [3.63, 3.8) is 0 Å². The summed E-state index contributed by atoms with van der Waals surface area (Å²) in [7, 11) is 2.03. The van der Waals surface area contributed by atoms with Gasteiger partial charge in [0.2, 0.25) is 0 Å². The van der Waals surface area contributed by atoms with E-state index >= 15 is 0 Å². The molecule has 0 amide bonds. The highest BCUT2D eigenvalue weighted by Gasteiger charge is 2.10. The first kappa shape index (κ1) is 15.0. The van der Waals surface area contributed by atoms with Gasteiger partial charge in [-0.15, -0.1) is 0 Å². The predicted molar refractivity (Wildman–Crippen MR) is 83.1 cm³/mol. The van der Waals surface area contributed by atoms with E-state index in [2.05, 4.69) is 46.2 Å². The molecule has 0 aliphatic carbocycles. The number of aryl methyl sites for hydroxylation is 1. The first-order valence-electron chi connectivity index (χ1n) is 6.76. The Kier molecular flexibility index (Phi) is 4.90. The molecule has 0 fully saturated rings. The van der Waals surface area contributed by atoms with Crippen LogP contribution in [0.2, 0.25) is 0 Å². The molecule has 1 aromatic carbocycles. The summed E-state index contributed by atoms with van der Waals surface area (Å²) in [4.78, 5) is 6.35. The third-order valence-corrected chi connectivity index (χ3v) is 3.22. The van der Waals surface area contributed by atoms with Gasteiger partial charge in [-0.25, -0.2) is 0 Å². The lowest BCUT2D eigenvalue weighted by Gasteiger charge is -2.18. The quantitative estimate of drug-likeness (QED) is 0.382. The normalized spacial score (nSPS) is 11.9. The maximum atomic E-state index is 8.82. The van der Waals surface area contributed by atoms with Crippen molar-refractivity contribution in [2.75, 3.05) is 7.05 Å². The van der Waals surface area contributed by atoms with Crippen LogP contribution >= 0.6 is 0 Å². The third kappa shape index (κ3) is 4.03. The minimum atomic E-state index is 0.0366. The number of pyridine rings is 1. The van der Waals surface area contributed by atoms with Crippen LogP contribution in [0.4, 0.5) is 0 Å². The summed E-state index contributed by atoms with van der Waals surface area (Å²) < 4.78 is 0. The van der Waals surface area contributed by atoms with E-state index < -0.39 is 0 Å². The number of nitrogens with zero attached hydrogens (tertiary/aromatic N) is 3. The molecule has 5 heteroatoms. The molecule has 0 saturated carbocycles. The van der Waals surface area contributed by atoms with Crippen molar-refractivity contribution in [2.24, 2.45) is 10.9 Å². The largest absolute Gasteiger partial charge is 0.409 e. The van der Waals surface area contributed by atoms with Gasteiger partial charge in [0.1, 0.15) is 5.69 Å². The van der Waals surface area contributed by atoms with E-state index in [1.165, 1.54) is 11.1 Å². The molecule has 3 N–H and O–H groups in total. The second-order valence-corrected chi connectivity index (χ2v) is 5.16. The van der Waals surface area contributed by atoms with Crippen molar-refractivity contribution < 1.29 is 5.21 Å². The summed E-state index contributed by atoms with van der Waals surface area (Å²) >= 11 is 0. The number of amidine groups is 1. The van der Waals surface area contributed by atoms with Gasteiger partial charge in [-0.05, 0) is 31.2 Å². The van der Waals surface area contributed by atoms with E-state index in [0.29, 0.717) is 12.2 Å². The van der Waals surface area contributed by atoms with E-state index in [0.717, 1.165) is 12.1 Å². The molecule has 0 spiro atoms. The molecule has 2 aromatic rings. The van der Waals surface area contributed by atoms with Gasteiger partial charge in [0, 0.05) is 19.3 Å². The third-order valence-electron chi connectivity index (χ3n) is 3.22. The summed E-state index contributed by atoms with van der Waals surface area (Å²) in [5.41, 5.74) is 9.63. The van der Waals surface area contributed by atoms with Crippen LogP contribution in [0.25, 0.3) is 0 Å². The van der Waals surface area contributed by atoms with Crippen LogP contribution in [0.1, 0.15) is 22.4 Å². The second-order valence-electron chi connectivity index (χ2n) is 5.16. The molecule has 2 rings (SSSR count). The second kappa shape index (κ2) is 6.85. The summed E-state index contributed by atoms with van der Waals surface area (Å²) in [6.07, 6.45) is 1.64. The van der Waals surface area contributed by atoms with Gasteiger partial charge < -0.3 is 10.9 Å². The van der Waals surface area contributed by atoms with Crippen molar-refractivity contribution in [1.29, 1.82) is 0 Å². The fourth-order valence-corrected chi connectivity index (χ4v) is 2.31. The Morgan fingerprint density at radius 1 is 1.29 bits per heavy atom. The smallest absolute Gasteiger partial charge is 0.189 e. The maximum Gasteiger partial charge on any atom is 0.189 e. The standard InChI is InChI=1S/C16H20N4O/c1-12-5-3-6-13(9-12)10-20(2)11-14-7-4-8-18-15(14)16(17)19-21/h3-9,21H,10-11H2,1-2H3,(H2,17,19). The molecule has 0 bridgehead atoms. The molecular weight excluding hydrogens is 264 g/mol. The van der Waals surface area contributed by atoms with E-state index in [4.69, 9.17) is 10.9 Å². The molecule has 21 heavy (non-hydrogen) atoms. The minimum Gasteiger partial charge on any atom is -0.409 e. The Bertz CT molecular complexity index is 640. The highest BCUT2D eigenvalue weighted by atomic mass is 16.4. The van der Waals surface area contributed by atoms with Gasteiger partial charge in [-0.3, -0.25) is 9.88 Å². The fourth-order valence-electron chi connectivity index (χ4n) is 2.31. The van der Waals surface area contributed by atoms with Crippen molar-refractivity contribution in [3.8, 4) is 0 Å². The Hall–Kier alpha value is -2.40. The first-order chi connectivity index (χ1) is 10.1. The molecular formula is C16H20N4O. The molecule has 5 nitrogen and oxygen atoms in total. The summed E-state index contributed by atoms with van der Waals surface area (Å²) in [5.74, 6) is 0.0366. The monoisotopic (exact) mass is 284 g/mol. The SMILES string of the molecule is Cc1cccc(CN(C)Cc2cccnc2C(N)=NO)c1. The lowest BCUT2D eigenvalue weighted by atomic mass is 10.1. The predicted octanol–water partition coefficient (Wildman–Crippen LogP) is 2.12. The number of benzene rings is 1. The average Bonchev–Trinajstić information content (AvgIpc) is 2.47. The number of aromatic nitrogens is 1. The molecule has 110 valence electrons. The molecule has 0 atom stereocenters. The van der Waals surface area contributed by atoms with Crippen LogP contribution in [-0.4, -0.2) is 28.0 Å². The zero-order valence-electron chi connectivity index (χ0n) is 12.3. The molecule has 1 aromatic heterocycles. The first-order valence-corrected chi connectivity index (χ1v) is 6.76. The van der Waals surface area contributed by atoms with Crippen LogP contribution in [-0.2, 0) is 13.1 Å². The van der Waals surface area contributed by atoms with Crippen LogP contribution in [0, 0.1) is 6.92 Å². The van der Waals surface area contributed by atoms with E-state index in [1.54, 1.807) is 6.20 Å². The number of hydrogen-bond acceptors (Lipinski definition) is 4. The summed E-state index contributed by atoms with van der Waals surface area (Å²) in [5, 5.41) is 11.9. The van der Waals surface area contributed by atoms with Crippen molar-refractivity contribution in [3.05, 3.63) is 65.0 Å². The van der Waals surface area contributed by atoms with Crippen LogP contribution in [0.3, 0.4) is 0 Å². The van der Waals surface area contributed by atoms with Gasteiger partial charge in [0.15, 0.2) is 5.84 Å². The van der Waals surface area contributed by atoms with E-state index in [1.807, 2.05) is 19.2 Å². The van der Waals surface area contributed by atoms with Gasteiger partial charge in [-0.1, -0.05) is 41.1 Å². The lowest BCUT2D eigenvalue weighted by molar-refractivity contribution is 0.314. The molecule has 0 saturated heterocycles. The van der Waals surface area contributed by atoms with Crippen LogP contribution < -0.4 is 5.73 Å². The van der Waals surface area contributed by atoms with Gasteiger partial charge in [-0.2, -0.15) is 0 Å². The van der Waals surface area contributed by atoms with E-state index in [-0.39, 0.29) is 5.84 Å². The van der Waals surface area contributed by atoms with Gasteiger partial charge in [0.25, 0.3) is 0 Å². The molecule has 0 aliphatic heterocycles. The zero-order valence-corrected chi connectivity index (χ0v) is 12.3. The van der Waals surface area contributed by atoms with Crippen molar-refractivity contribution in [1.82, 2.24) is 9.88 Å². The molecule has 0 radical (unpaired) electrons. The maximum absolute atomic E-state index is 8.82. The van der Waals surface area contributed by atoms with Crippen LogP contribution in [0.5, 0.6) is 0 Å². The number of oxime groups is 1. The molecule has 0 aliphatic rings. The Balaban J connectivity index is 2.11. The molecule has 1 heterocycles. The van der Waals surface area contributed by atoms with E-state index in [9.17, 15) is 0 Å². The fraction of sp³-hybridized carbons (Fsp3) is 0.250. The van der Waals surface area contributed by atoms with Crippen molar-refractivity contribution in [2.45, 2.75) is 20.0 Å². The Morgan fingerprint density at radius 2 is 2.10 bits per heavy atom. The number of nitrogens with two attached hydrogens (primary N) is 1. The Morgan fingerprint density at radius 3 is 2.81 bits per heavy atom. The van der Waals surface area contributed by atoms with Crippen molar-refractivity contribution >= 4 is 5.84 Å². The number of hydrogen-bond donors (Lipinski definition) is 2. The van der Waals surface area contributed by atoms with Crippen LogP contribution in [0.15, 0.2) is 47.8 Å². The average molecular weight is 284 g/mol.